The minimum atomic E-state index is -0.214. The molecule has 0 aromatic heterocycles. The first-order valence-corrected chi connectivity index (χ1v) is 6.57. The molecular weight excluding hydrogens is 328 g/mol. The second-order valence-electron chi connectivity index (χ2n) is 2.99. The molecule has 1 atom stereocenters. The quantitative estimate of drug-likeness (QED) is 0.654. The molecule has 0 bridgehead atoms. The predicted molar refractivity (Wildman–Crippen MR) is 68.7 cm³/mol. The van der Waals surface area contributed by atoms with Crippen LogP contribution in [0.3, 0.4) is 0 Å². The van der Waals surface area contributed by atoms with Gasteiger partial charge in [0.15, 0.2) is 0 Å². The van der Waals surface area contributed by atoms with Crippen LogP contribution < -0.4 is 0 Å². The van der Waals surface area contributed by atoms with Gasteiger partial charge in [-0.25, -0.2) is 0 Å². The van der Waals surface area contributed by atoms with Gasteiger partial charge in [0.05, 0.1) is 4.83 Å². The second kappa shape index (κ2) is 5.33. The summed E-state index contributed by atoms with van der Waals surface area (Å²) in [7, 11) is 0. The molecule has 1 rings (SSSR count). The Kier molecular flexibility index (Phi) is 4.67. The molecule has 0 aliphatic carbocycles. The van der Waals surface area contributed by atoms with E-state index in [1.54, 1.807) is 6.92 Å². The zero-order valence-corrected chi connectivity index (χ0v) is 11.7. The van der Waals surface area contributed by atoms with Crippen LogP contribution in [-0.4, -0.2) is 5.78 Å². The standard InChI is InChI=1S/C10H10Br2OS/c1-6(13)10(12)7-2-3-9(14)8(4-7)5-11/h2-4,10,14H,5H2,1H3. The summed E-state index contributed by atoms with van der Waals surface area (Å²) in [6, 6.07) is 5.81. The molecule has 0 radical (unpaired) electrons. The largest absolute Gasteiger partial charge is 0.298 e. The number of hydrogen-bond acceptors (Lipinski definition) is 2. The minimum Gasteiger partial charge on any atom is -0.298 e. The van der Waals surface area contributed by atoms with Gasteiger partial charge in [0.2, 0.25) is 0 Å². The van der Waals surface area contributed by atoms with E-state index >= 15 is 0 Å². The molecule has 0 fully saturated rings. The van der Waals surface area contributed by atoms with E-state index in [9.17, 15) is 4.79 Å². The fourth-order valence-corrected chi connectivity index (χ4v) is 2.29. The number of hydrogen-bond donors (Lipinski definition) is 1. The van der Waals surface area contributed by atoms with Crippen LogP contribution in [0, 0.1) is 0 Å². The SMILES string of the molecule is CC(=O)C(Br)c1ccc(S)c(CBr)c1. The Morgan fingerprint density at radius 2 is 2.21 bits per heavy atom. The van der Waals surface area contributed by atoms with Crippen LogP contribution in [0.1, 0.15) is 22.9 Å². The Morgan fingerprint density at radius 3 is 2.71 bits per heavy atom. The summed E-state index contributed by atoms with van der Waals surface area (Å²) in [4.78, 5) is 11.9. The number of alkyl halides is 2. The van der Waals surface area contributed by atoms with E-state index < -0.39 is 0 Å². The van der Waals surface area contributed by atoms with Gasteiger partial charge in [-0.15, -0.1) is 12.6 Å². The highest BCUT2D eigenvalue weighted by molar-refractivity contribution is 9.09. The molecule has 0 spiro atoms. The normalized spacial score (nSPS) is 12.6. The maximum atomic E-state index is 11.2. The van der Waals surface area contributed by atoms with Crippen molar-refractivity contribution in [1.29, 1.82) is 0 Å². The van der Waals surface area contributed by atoms with Crippen LogP contribution in [0.4, 0.5) is 0 Å². The smallest absolute Gasteiger partial charge is 0.147 e. The van der Waals surface area contributed by atoms with Crippen molar-refractivity contribution in [2.24, 2.45) is 0 Å². The maximum absolute atomic E-state index is 11.2. The Hall–Kier alpha value is 0.200. The number of Topliss-reactive ketones (excluding diaryl/α,β-unsaturated/α-hetero) is 1. The van der Waals surface area contributed by atoms with Gasteiger partial charge in [0.25, 0.3) is 0 Å². The minimum absolute atomic E-state index is 0.109. The summed E-state index contributed by atoms with van der Waals surface area (Å²) >= 11 is 11.0. The van der Waals surface area contributed by atoms with Crippen molar-refractivity contribution in [2.75, 3.05) is 0 Å². The van der Waals surface area contributed by atoms with E-state index in [0.717, 1.165) is 21.4 Å². The molecule has 0 heterocycles. The van der Waals surface area contributed by atoms with Crippen LogP contribution in [0.5, 0.6) is 0 Å². The molecule has 76 valence electrons. The molecule has 0 saturated heterocycles. The lowest BCUT2D eigenvalue weighted by molar-refractivity contribution is -0.116. The van der Waals surface area contributed by atoms with E-state index in [0.29, 0.717) is 0 Å². The second-order valence-corrected chi connectivity index (χ2v) is 4.95. The van der Waals surface area contributed by atoms with Gasteiger partial charge >= 0.3 is 0 Å². The highest BCUT2D eigenvalue weighted by Gasteiger charge is 2.13. The third-order valence-corrected chi connectivity index (χ3v) is 4.11. The van der Waals surface area contributed by atoms with Gasteiger partial charge in [-0.1, -0.05) is 44.0 Å². The average molecular weight is 338 g/mol. The molecule has 0 aliphatic rings. The summed E-state index contributed by atoms with van der Waals surface area (Å²) in [5.41, 5.74) is 2.07. The van der Waals surface area contributed by atoms with Crippen molar-refractivity contribution in [3.63, 3.8) is 0 Å². The van der Waals surface area contributed by atoms with Crippen LogP contribution in [0.15, 0.2) is 23.1 Å². The summed E-state index contributed by atoms with van der Waals surface area (Å²) in [5.74, 6) is 0.109. The van der Waals surface area contributed by atoms with Crippen LogP contribution in [0.2, 0.25) is 0 Å². The zero-order chi connectivity index (χ0) is 10.7. The summed E-state index contributed by atoms with van der Waals surface area (Å²) in [6.07, 6.45) is 0. The van der Waals surface area contributed by atoms with Crippen molar-refractivity contribution < 1.29 is 4.79 Å². The number of thiol groups is 1. The molecule has 1 nitrogen and oxygen atoms in total. The molecular formula is C10H10Br2OS. The van der Waals surface area contributed by atoms with E-state index in [2.05, 4.69) is 44.5 Å². The van der Waals surface area contributed by atoms with Gasteiger partial charge in [-0.05, 0) is 24.1 Å². The van der Waals surface area contributed by atoms with Crippen molar-refractivity contribution in [3.8, 4) is 0 Å². The lowest BCUT2D eigenvalue weighted by Crippen LogP contribution is -2.01. The summed E-state index contributed by atoms with van der Waals surface area (Å²) in [5, 5.41) is 0.747. The van der Waals surface area contributed by atoms with Gasteiger partial charge in [-0.3, -0.25) is 4.79 Å². The highest BCUT2D eigenvalue weighted by atomic mass is 79.9. The highest BCUT2D eigenvalue weighted by Crippen LogP contribution is 2.27. The molecule has 1 aromatic rings. The fraction of sp³-hybridized carbons (Fsp3) is 0.300. The van der Waals surface area contributed by atoms with Crippen molar-refractivity contribution >= 4 is 50.3 Å². The molecule has 0 saturated carbocycles. The zero-order valence-electron chi connectivity index (χ0n) is 7.63. The third kappa shape index (κ3) is 2.84. The lowest BCUT2D eigenvalue weighted by Gasteiger charge is -2.09. The van der Waals surface area contributed by atoms with Gasteiger partial charge in [0.1, 0.15) is 5.78 Å². The van der Waals surface area contributed by atoms with E-state index in [4.69, 9.17) is 0 Å². The predicted octanol–water partition coefficient (Wildman–Crippen LogP) is 3.90. The van der Waals surface area contributed by atoms with Crippen LogP contribution in [-0.2, 0) is 10.1 Å². The van der Waals surface area contributed by atoms with E-state index in [1.165, 1.54) is 0 Å². The number of halogens is 2. The maximum Gasteiger partial charge on any atom is 0.147 e. The molecule has 0 N–H and O–H groups in total. The molecule has 0 aliphatic heterocycles. The number of rotatable bonds is 3. The Bertz CT molecular complexity index is 352. The first-order valence-electron chi connectivity index (χ1n) is 4.08. The Balaban J connectivity index is 3.06. The lowest BCUT2D eigenvalue weighted by atomic mass is 10.1. The summed E-state index contributed by atoms with van der Waals surface area (Å²) < 4.78 is 0. The van der Waals surface area contributed by atoms with E-state index in [-0.39, 0.29) is 10.6 Å². The average Bonchev–Trinajstić information content (AvgIpc) is 2.17. The number of carbonyl (C=O) groups is 1. The Morgan fingerprint density at radius 1 is 1.57 bits per heavy atom. The van der Waals surface area contributed by atoms with Gasteiger partial charge in [0, 0.05) is 10.2 Å². The number of ketones is 1. The van der Waals surface area contributed by atoms with E-state index in [1.807, 2.05) is 18.2 Å². The van der Waals surface area contributed by atoms with Crippen LogP contribution >= 0.6 is 44.5 Å². The number of benzene rings is 1. The third-order valence-electron chi connectivity index (χ3n) is 1.90. The topological polar surface area (TPSA) is 17.1 Å². The molecule has 1 aromatic carbocycles. The molecule has 14 heavy (non-hydrogen) atoms. The number of carbonyl (C=O) groups excluding carboxylic acids is 1. The fourth-order valence-electron chi connectivity index (χ4n) is 1.10. The van der Waals surface area contributed by atoms with Crippen molar-refractivity contribution in [1.82, 2.24) is 0 Å². The van der Waals surface area contributed by atoms with Crippen molar-refractivity contribution in [2.45, 2.75) is 22.0 Å². The monoisotopic (exact) mass is 336 g/mol. The molecule has 4 heteroatoms. The van der Waals surface area contributed by atoms with Gasteiger partial charge in [-0.2, -0.15) is 0 Å². The first-order chi connectivity index (χ1) is 6.56. The Labute approximate surface area is 106 Å². The van der Waals surface area contributed by atoms with Crippen molar-refractivity contribution in [3.05, 3.63) is 29.3 Å². The molecule has 0 amide bonds. The summed E-state index contributed by atoms with van der Waals surface area (Å²) in [6.45, 7) is 1.57. The van der Waals surface area contributed by atoms with Gasteiger partial charge < -0.3 is 0 Å². The first kappa shape index (κ1) is 12.3. The molecule has 1 unspecified atom stereocenters. The van der Waals surface area contributed by atoms with Crippen LogP contribution in [0.25, 0.3) is 0 Å².